The Morgan fingerprint density at radius 3 is 2.33 bits per heavy atom. The number of halogens is 1. The fourth-order valence-electron chi connectivity index (χ4n) is 4.27. The van der Waals surface area contributed by atoms with Crippen LogP contribution in [0.4, 0.5) is 5.82 Å². The third kappa shape index (κ3) is 3.87. The predicted molar refractivity (Wildman–Crippen MR) is 107 cm³/mol. The van der Waals surface area contributed by atoms with E-state index in [9.17, 15) is 4.79 Å². The van der Waals surface area contributed by atoms with Gasteiger partial charge in [-0.3, -0.25) is 4.79 Å². The summed E-state index contributed by atoms with van der Waals surface area (Å²) in [6.07, 6.45) is 6.24. The molecule has 0 spiro atoms. The van der Waals surface area contributed by atoms with Crippen molar-refractivity contribution in [2.45, 2.75) is 45.1 Å². The van der Waals surface area contributed by atoms with Gasteiger partial charge in [0.05, 0.1) is 5.69 Å². The molecule has 6 nitrogen and oxygen atoms in total. The number of aromatic nitrogens is 3. The first-order chi connectivity index (χ1) is 13.1. The van der Waals surface area contributed by atoms with Crippen molar-refractivity contribution in [1.29, 1.82) is 0 Å². The summed E-state index contributed by atoms with van der Waals surface area (Å²) in [5.74, 6) is 0.755. The van der Waals surface area contributed by atoms with E-state index in [1.54, 1.807) is 11.6 Å². The van der Waals surface area contributed by atoms with E-state index in [4.69, 9.17) is 11.6 Å². The molecule has 0 aliphatic carbocycles. The first-order valence-corrected chi connectivity index (χ1v) is 10.2. The molecule has 2 aromatic rings. The summed E-state index contributed by atoms with van der Waals surface area (Å²) in [5, 5.41) is 9.12. The van der Waals surface area contributed by atoms with E-state index in [2.05, 4.69) is 20.1 Å². The van der Waals surface area contributed by atoms with Gasteiger partial charge in [0.25, 0.3) is 0 Å². The smallest absolute Gasteiger partial charge is 0.183 e. The summed E-state index contributed by atoms with van der Waals surface area (Å²) in [6, 6.07) is 8.13. The molecule has 0 amide bonds. The average molecular weight is 388 g/mol. The van der Waals surface area contributed by atoms with E-state index < -0.39 is 0 Å². The molecule has 0 saturated carbocycles. The molecule has 1 aromatic heterocycles. The molecule has 0 radical (unpaired) electrons. The molecular formula is C20H26ClN5O. The summed E-state index contributed by atoms with van der Waals surface area (Å²) in [5.41, 5.74) is 1.31. The standard InChI is InChI=1S/C20H26ClN5O/c1-15(27)19-20(26(23-22-19)18-7-5-16(21)6-8-18)25-13-9-17(10-14-25)24-11-3-2-4-12-24/h5-8,17H,2-4,9-14H2,1H3. The first-order valence-electron chi connectivity index (χ1n) is 9.85. The zero-order valence-corrected chi connectivity index (χ0v) is 16.5. The van der Waals surface area contributed by atoms with E-state index >= 15 is 0 Å². The summed E-state index contributed by atoms with van der Waals surface area (Å²) in [4.78, 5) is 17.1. The number of ketones is 1. The van der Waals surface area contributed by atoms with Gasteiger partial charge in [-0.15, -0.1) is 5.10 Å². The van der Waals surface area contributed by atoms with Crippen molar-refractivity contribution < 1.29 is 4.79 Å². The zero-order valence-electron chi connectivity index (χ0n) is 15.8. The highest BCUT2D eigenvalue weighted by molar-refractivity contribution is 6.30. The minimum atomic E-state index is -0.0524. The third-order valence-electron chi connectivity index (χ3n) is 5.72. The second-order valence-electron chi connectivity index (χ2n) is 7.52. The van der Waals surface area contributed by atoms with Crippen LogP contribution < -0.4 is 4.90 Å². The highest BCUT2D eigenvalue weighted by Gasteiger charge is 2.30. The zero-order chi connectivity index (χ0) is 18.8. The largest absolute Gasteiger partial charge is 0.354 e. The third-order valence-corrected chi connectivity index (χ3v) is 5.97. The van der Waals surface area contributed by atoms with Crippen LogP contribution in [0.15, 0.2) is 24.3 Å². The Morgan fingerprint density at radius 1 is 1.04 bits per heavy atom. The number of hydrogen-bond donors (Lipinski definition) is 0. The van der Waals surface area contributed by atoms with Gasteiger partial charge in [0.15, 0.2) is 17.3 Å². The maximum atomic E-state index is 12.1. The van der Waals surface area contributed by atoms with Crippen LogP contribution >= 0.6 is 11.6 Å². The van der Waals surface area contributed by atoms with E-state index in [1.165, 1.54) is 32.4 Å². The molecule has 2 aliphatic heterocycles. The number of nitrogens with zero attached hydrogens (tertiary/aromatic N) is 5. The number of likely N-dealkylation sites (tertiary alicyclic amines) is 1. The highest BCUT2D eigenvalue weighted by Crippen LogP contribution is 2.29. The molecule has 2 saturated heterocycles. The summed E-state index contributed by atoms with van der Waals surface area (Å²) < 4.78 is 1.77. The Labute approximate surface area is 165 Å². The quantitative estimate of drug-likeness (QED) is 0.750. The van der Waals surface area contributed by atoms with Crippen LogP contribution in [0.2, 0.25) is 5.02 Å². The monoisotopic (exact) mass is 387 g/mol. The Morgan fingerprint density at radius 2 is 1.70 bits per heavy atom. The molecule has 144 valence electrons. The minimum Gasteiger partial charge on any atom is -0.354 e. The maximum Gasteiger partial charge on any atom is 0.183 e. The van der Waals surface area contributed by atoms with Gasteiger partial charge in [0, 0.05) is 31.1 Å². The van der Waals surface area contributed by atoms with E-state index in [0.717, 1.165) is 37.4 Å². The van der Waals surface area contributed by atoms with Crippen LogP contribution in [0.5, 0.6) is 0 Å². The topological polar surface area (TPSA) is 54.3 Å². The number of hydrogen-bond acceptors (Lipinski definition) is 5. The van der Waals surface area contributed by atoms with Crippen molar-refractivity contribution in [2.75, 3.05) is 31.1 Å². The van der Waals surface area contributed by atoms with Crippen molar-refractivity contribution in [3.8, 4) is 5.69 Å². The van der Waals surface area contributed by atoms with E-state index in [-0.39, 0.29) is 5.78 Å². The Balaban J connectivity index is 1.56. The summed E-state index contributed by atoms with van der Waals surface area (Å²) in [6.45, 7) is 5.85. The number of piperidine rings is 2. The molecule has 0 bridgehead atoms. The van der Waals surface area contributed by atoms with Crippen LogP contribution in [-0.2, 0) is 0 Å². The average Bonchev–Trinajstić information content (AvgIpc) is 3.15. The predicted octanol–water partition coefficient (Wildman–Crippen LogP) is 3.58. The van der Waals surface area contributed by atoms with Gasteiger partial charge in [0.2, 0.25) is 0 Å². The Kier molecular flexibility index (Phi) is 5.45. The number of carbonyl (C=O) groups excluding carboxylic acids is 1. The van der Waals surface area contributed by atoms with Crippen LogP contribution in [0.1, 0.15) is 49.5 Å². The van der Waals surface area contributed by atoms with E-state index in [1.807, 2.05) is 24.3 Å². The summed E-state index contributed by atoms with van der Waals surface area (Å²) in [7, 11) is 0. The van der Waals surface area contributed by atoms with Gasteiger partial charge in [-0.2, -0.15) is 4.68 Å². The van der Waals surface area contributed by atoms with Gasteiger partial charge >= 0.3 is 0 Å². The fourth-order valence-corrected chi connectivity index (χ4v) is 4.40. The molecule has 1 aromatic carbocycles. The lowest BCUT2D eigenvalue weighted by atomic mass is 9.99. The molecular weight excluding hydrogens is 362 g/mol. The van der Waals surface area contributed by atoms with Gasteiger partial charge < -0.3 is 9.80 Å². The van der Waals surface area contributed by atoms with Gasteiger partial charge in [0.1, 0.15) is 0 Å². The highest BCUT2D eigenvalue weighted by atomic mass is 35.5. The van der Waals surface area contributed by atoms with Gasteiger partial charge in [-0.25, -0.2) is 0 Å². The molecule has 2 fully saturated rings. The van der Waals surface area contributed by atoms with Crippen LogP contribution in [0.25, 0.3) is 5.69 Å². The molecule has 27 heavy (non-hydrogen) atoms. The normalized spacial score (nSPS) is 19.4. The maximum absolute atomic E-state index is 12.1. The Hall–Kier alpha value is -1.92. The lowest BCUT2D eigenvalue weighted by Gasteiger charge is -2.40. The van der Waals surface area contributed by atoms with Crippen molar-refractivity contribution >= 4 is 23.2 Å². The lowest BCUT2D eigenvalue weighted by Crippen LogP contribution is -2.47. The van der Waals surface area contributed by atoms with Crippen molar-refractivity contribution in [1.82, 2.24) is 19.9 Å². The van der Waals surface area contributed by atoms with Crippen molar-refractivity contribution in [2.24, 2.45) is 0 Å². The summed E-state index contributed by atoms with van der Waals surface area (Å²) >= 11 is 6.02. The van der Waals surface area contributed by atoms with Gasteiger partial charge in [-0.05, 0) is 63.0 Å². The SMILES string of the molecule is CC(=O)c1nnn(-c2ccc(Cl)cc2)c1N1CCC(N2CCCCC2)CC1. The second kappa shape index (κ2) is 7.98. The first kappa shape index (κ1) is 18.4. The van der Waals surface area contributed by atoms with Crippen LogP contribution in [0, 0.1) is 0 Å². The molecule has 0 N–H and O–H groups in total. The molecule has 4 rings (SSSR count). The lowest BCUT2D eigenvalue weighted by molar-refractivity contribution is 0.101. The molecule has 3 heterocycles. The number of anilines is 1. The minimum absolute atomic E-state index is 0.0524. The molecule has 0 unspecified atom stereocenters. The molecule has 0 atom stereocenters. The second-order valence-corrected chi connectivity index (χ2v) is 7.96. The Bertz CT molecular complexity index is 789. The van der Waals surface area contributed by atoms with Crippen LogP contribution in [0.3, 0.4) is 0 Å². The van der Waals surface area contributed by atoms with Gasteiger partial charge in [-0.1, -0.05) is 23.2 Å². The number of carbonyl (C=O) groups is 1. The molecule has 7 heteroatoms. The number of rotatable bonds is 4. The van der Waals surface area contributed by atoms with Crippen molar-refractivity contribution in [3.63, 3.8) is 0 Å². The van der Waals surface area contributed by atoms with Crippen molar-refractivity contribution in [3.05, 3.63) is 35.0 Å². The number of Topliss-reactive ketones (excluding diaryl/α,β-unsaturated/α-hetero) is 1. The van der Waals surface area contributed by atoms with E-state index in [0.29, 0.717) is 16.8 Å². The number of benzene rings is 1. The fraction of sp³-hybridized carbons (Fsp3) is 0.550. The molecule has 2 aliphatic rings. The van der Waals surface area contributed by atoms with Crippen LogP contribution in [-0.4, -0.2) is 57.9 Å².